The molecule has 118 valence electrons. The van der Waals surface area contributed by atoms with E-state index >= 15 is 0 Å². The second-order valence-electron chi connectivity index (χ2n) is 6.46. The molecular weight excluding hydrogens is 264 g/mol. The zero-order valence-electron chi connectivity index (χ0n) is 13.4. The van der Waals surface area contributed by atoms with Gasteiger partial charge in [0.1, 0.15) is 0 Å². The molecule has 2 atom stereocenters. The summed E-state index contributed by atoms with van der Waals surface area (Å²) in [6, 6.07) is 5.52. The van der Waals surface area contributed by atoms with Crippen LogP contribution in [0.2, 0.25) is 0 Å². The second-order valence-corrected chi connectivity index (χ2v) is 6.46. The van der Waals surface area contributed by atoms with Crippen LogP contribution in [0, 0.1) is 5.92 Å². The molecule has 1 fully saturated rings. The van der Waals surface area contributed by atoms with Crippen LogP contribution in [0.4, 0.5) is 0 Å². The maximum atomic E-state index is 9.78. The average Bonchev–Trinajstić information content (AvgIpc) is 2.42. The van der Waals surface area contributed by atoms with Crippen molar-refractivity contribution in [1.82, 2.24) is 4.90 Å². The lowest BCUT2D eigenvalue weighted by Gasteiger charge is -2.43. The van der Waals surface area contributed by atoms with Crippen molar-refractivity contribution >= 4 is 0 Å². The molecular formula is C17H28N2O2. The molecule has 0 saturated carbocycles. The molecule has 1 saturated heterocycles. The van der Waals surface area contributed by atoms with Gasteiger partial charge in [-0.2, -0.15) is 0 Å². The van der Waals surface area contributed by atoms with Crippen LogP contribution in [-0.4, -0.2) is 35.4 Å². The maximum Gasteiger partial charge on any atom is 0.161 e. The number of likely N-dealkylation sites (tertiary alicyclic amines) is 1. The van der Waals surface area contributed by atoms with Crippen molar-refractivity contribution in [3.05, 3.63) is 23.8 Å². The normalized spacial score (nSPS) is 22.8. The van der Waals surface area contributed by atoms with Gasteiger partial charge in [0, 0.05) is 13.0 Å². The molecule has 2 unspecified atom stereocenters. The summed E-state index contributed by atoms with van der Waals surface area (Å²) in [5.41, 5.74) is 7.30. The Morgan fingerprint density at radius 1 is 1.48 bits per heavy atom. The number of piperidine rings is 1. The largest absolute Gasteiger partial charge is 0.504 e. The Labute approximate surface area is 127 Å². The van der Waals surface area contributed by atoms with E-state index in [0.29, 0.717) is 18.3 Å². The van der Waals surface area contributed by atoms with Crippen LogP contribution in [-0.2, 0) is 6.42 Å². The van der Waals surface area contributed by atoms with Crippen LogP contribution in [0.25, 0.3) is 0 Å². The number of ether oxygens (including phenoxy) is 1. The van der Waals surface area contributed by atoms with Gasteiger partial charge in [0.05, 0.1) is 12.3 Å². The molecule has 0 aromatic heterocycles. The smallest absolute Gasteiger partial charge is 0.161 e. The standard InChI is InChI=1S/C17H28N2O2/c1-4-21-16-10-14(7-8-15(16)20)11-17(3,18)19-9-5-6-13(2)12-19/h7-8,10,13,20H,4-6,9,11-12,18H2,1-3H3. The number of phenols is 1. The van der Waals surface area contributed by atoms with Crippen LogP contribution in [0.3, 0.4) is 0 Å². The Kier molecular flexibility index (Phi) is 5.12. The Hall–Kier alpha value is -1.26. The van der Waals surface area contributed by atoms with Gasteiger partial charge in [0.25, 0.3) is 0 Å². The van der Waals surface area contributed by atoms with E-state index in [0.717, 1.165) is 25.1 Å². The lowest BCUT2D eigenvalue weighted by Crippen LogP contribution is -2.58. The summed E-state index contributed by atoms with van der Waals surface area (Å²) in [7, 11) is 0. The fraction of sp³-hybridized carbons (Fsp3) is 0.647. The summed E-state index contributed by atoms with van der Waals surface area (Å²) in [6.45, 7) is 8.96. The summed E-state index contributed by atoms with van der Waals surface area (Å²) in [5, 5.41) is 9.78. The molecule has 1 aromatic rings. The highest BCUT2D eigenvalue weighted by molar-refractivity contribution is 5.42. The van der Waals surface area contributed by atoms with Crippen LogP contribution in [0.5, 0.6) is 11.5 Å². The van der Waals surface area contributed by atoms with E-state index in [-0.39, 0.29) is 11.4 Å². The molecule has 3 N–H and O–H groups in total. The first-order valence-electron chi connectivity index (χ1n) is 7.91. The number of hydrogen-bond donors (Lipinski definition) is 2. The number of nitrogens with zero attached hydrogens (tertiary/aromatic N) is 1. The average molecular weight is 292 g/mol. The van der Waals surface area contributed by atoms with Crippen LogP contribution in [0.15, 0.2) is 18.2 Å². The molecule has 0 amide bonds. The SMILES string of the molecule is CCOc1cc(CC(C)(N)N2CCCC(C)C2)ccc1O. The Bertz CT molecular complexity index is 474. The molecule has 0 aliphatic carbocycles. The van der Waals surface area contributed by atoms with Crippen molar-refractivity contribution in [3.8, 4) is 11.5 Å². The predicted molar refractivity (Wildman–Crippen MR) is 85.5 cm³/mol. The predicted octanol–water partition coefficient (Wildman–Crippen LogP) is 2.74. The van der Waals surface area contributed by atoms with E-state index < -0.39 is 0 Å². The second kappa shape index (κ2) is 6.67. The lowest BCUT2D eigenvalue weighted by atomic mass is 9.93. The monoisotopic (exact) mass is 292 g/mol. The Balaban J connectivity index is 2.10. The summed E-state index contributed by atoms with van der Waals surface area (Å²) in [5.74, 6) is 1.43. The number of nitrogens with two attached hydrogens (primary N) is 1. The molecule has 2 rings (SSSR count). The summed E-state index contributed by atoms with van der Waals surface area (Å²) >= 11 is 0. The van der Waals surface area contributed by atoms with E-state index in [9.17, 15) is 5.11 Å². The quantitative estimate of drug-likeness (QED) is 0.876. The molecule has 1 aliphatic rings. The van der Waals surface area contributed by atoms with Crippen LogP contribution < -0.4 is 10.5 Å². The van der Waals surface area contributed by atoms with Gasteiger partial charge in [-0.05, 0) is 56.8 Å². The van der Waals surface area contributed by atoms with Gasteiger partial charge in [-0.15, -0.1) is 0 Å². The maximum absolute atomic E-state index is 9.78. The van der Waals surface area contributed by atoms with Gasteiger partial charge in [-0.25, -0.2) is 0 Å². The molecule has 0 radical (unpaired) electrons. The van der Waals surface area contributed by atoms with Crippen LogP contribution >= 0.6 is 0 Å². The van der Waals surface area contributed by atoms with E-state index in [2.05, 4.69) is 18.7 Å². The highest BCUT2D eigenvalue weighted by Crippen LogP contribution is 2.29. The topological polar surface area (TPSA) is 58.7 Å². The fourth-order valence-electron chi connectivity index (χ4n) is 3.12. The zero-order valence-corrected chi connectivity index (χ0v) is 13.4. The minimum absolute atomic E-state index is 0.186. The number of aromatic hydroxyl groups is 1. The molecule has 0 bridgehead atoms. The number of benzene rings is 1. The van der Waals surface area contributed by atoms with Gasteiger partial charge in [-0.1, -0.05) is 13.0 Å². The minimum atomic E-state index is -0.366. The molecule has 4 nitrogen and oxygen atoms in total. The third-order valence-corrected chi connectivity index (χ3v) is 4.27. The van der Waals surface area contributed by atoms with Crippen LogP contribution in [0.1, 0.15) is 39.2 Å². The van der Waals surface area contributed by atoms with Crippen molar-refractivity contribution in [2.24, 2.45) is 11.7 Å². The first kappa shape index (κ1) is 16.1. The van der Waals surface area contributed by atoms with Gasteiger partial charge in [-0.3, -0.25) is 4.90 Å². The highest BCUT2D eigenvalue weighted by atomic mass is 16.5. The summed E-state index contributed by atoms with van der Waals surface area (Å²) < 4.78 is 5.45. The lowest BCUT2D eigenvalue weighted by molar-refractivity contribution is 0.0627. The third-order valence-electron chi connectivity index (χ3n) is 4.27. The van der Waals surface area contributed by atoms with E-state index in [1.54, 1.807) is 6.07 Å². The van der Waals surface area contributed by atoms with Gasteiger partial charge >= 0.3 is 0 Å². The van der Waals surface area contributed by atoms with Gasteiger partial charge in [0.15, 0.2) is 11.5 Å². The number of rotatable bonds is 5. The van der Waals surface area contributed by atoms with Gasteiger partial charge in [0.2, 0.25) is 0 Å². The Morgan fingerprint density at radius 3 is 2.90 bits per heavy atom. The fourth-order valence-corrected chi connectivity index (χ4v) is 3.12. The first-order valence-corrected chi connectivity index (χ1v) is 7.91. The molecule has 0 spiro atoms. The summed E-state index contributed by atoms with van der Waals surface area (Å²) in [6.07, 6.45) is 3.26. The molecule has 21 heavy (non-hydrogen) atoms. The van der Waals surface area contributed by atoms with E-state index in [4.69, 9.17) is 10.5 Å². The van der Waals surface area contributed by atoms with Crippen molar-refractivity contribution in [2.45, 2.75) is 45.7 Å². The number of hydrogen-bond acceptors (Lipinski definition) is 4. The van der Waals surface area contributed by atoms with Crippen molar-refractivity contribution in [1.29, 1.82) is 0 Å². The van der Waals surface area contributed by atoms with Crippen molar-refractivity contribution < 1.29 is 9.84 Å². The molecule has 4 heteroatoms. The summed E-state index contributed by atoms with van der Waals surface area (Å²) in [4.78, 5) is 2.38. The Morgan fingerprint density at radius 2 is 2.24 bits per heavy atom. The highest BCUT2D eigenvalue weighted by Gasteiger charge is 2.31. The van der Waals surface area contributed by atoms with E-state index in [1.165, 1.54) is 12.8 Å². The zero-order chi connectivity index (χ0) is 15.5. The minimum Gasteiger partial charge on any atom is -0.504 e. The van der Waals surface area contributed by atoms with Crippen molar-refractivity contribution in [3.63, 3.8) is 0 Å². The van der Waals surface area contributed by atoms with E-state index in [1.807, 2.05) is 19.1 Å². The van der Waals surface area contributed by atoms with Gasteiger partial charge < -0.3 is 15.6 Å². The third kappa shape index (κ3) is 4.11. The molecule has 1 aromatic carbocycles. The molecule has 1 heterocycles. The first-order chi connectivity index (χ1) is 9.92. The molecule has 1 aliphatic heterocycles. The van der Waals surface area contributed by atoms with Crippen molar-refractivity contribution in [2.75, 3.05) is 19.7 Å². The number of phenolic OH excluding ortho intramolecular Hbond substituents is 1.